The summed E-state index contributed by atoms with van der Waals surface area (Å²) in [6.07, 6.45) is 7.32. The van der Waals surface area contributed by atoms with Gasteiger partial charge in [-0.3, -0.25) is 9.69 Å². The van der Waals surface area contributed by atoms with Crippen LogP contribution in [0.2, 0.25) is 0 Å². The van der Waals surface area contributed by atoms with Crippen molar-refractivity contribution < 1.29 is 9.90 Å². The number of piperidine rings is 1. The second-order valence-electron chi connectivity index (χ2n) is 5.95. The molecule has 2 aliphatic rings. The van der Waals surface area contributed by atoms with E-state index in [1.165, 1.54) is 19.3 Å². The predicted octanol–water partition coefficient (Wildman–Crippen LogP) is 2.08. The van der Waals surface area contributed by atoms with E-state index in [0.29, 0.717) is 19.0 Å². The highest BCUT2D eigenvalue weighted by Gasteiger charge is 2.29. The molecule has 3 heterocycles. The lowest BCUT2D eigenvalue weighted by atomic mass is 10.00. The fourth-order valence-corrected chi connectivity index (χ4v) is 3.53. The number of nitrogens with zero attached hydrogens (tertiary/aromatic N) is 3. The van der Waals surface area contributed by atoms with Crippen LogP contribution in [0.15, 0.2) is 6.20 Å². The molecule has 3 rings (SSSR count). The molecule has 1 fully saturated rings. The molecule has 1 N–H and O–H groups in total. The van der Waals surface area contributed by atoms with Crippen molar-refractivity contribution in [3.05, 3.63) is 17.7 Å². The van der Waals surface area contributed by atoms with E-state index in [-0.39, 0.29) is 5.92 Å². The average molecular weight is 277 g/mol. The van der Waals surface area contributed by atoms with Crippen LogP contribution >= 0.6 is 0 Å². The summed E-state index contributed by atoms with van der Waals surface area (Å²) in [6.45, 7) is 5.00. The second kappa shape index (κ2) is 5.56. The molecule has 5 heteroatoms. The first kappa shape index (κ1) is 13.6. The zero-order chi connectivity index (χ0) is 14.1. The van der Waals surface area contributed by atoms with Crippen molar-refractivity contribution in [1.82, 2.24) is 14.5 Å². The Kier molecular flexibility index (Phi) is 3.78. The summed E-state index contributed by atoms with van der Waals surface area (Å²) in [7, 11) is 0. The van der Waals surface area contributed by atoms with Crippen molar-refractivity contribution in [3.8, 4) is 0 Å². The first-order valence-electron chi connectivity index (χ1n) is 7.72. The molecule has 2 atom stereocenters. The van der Waals surface area contributed by atoms with E-state index in [2.05, 4.69) is 22.6 Å². The molecule has 0 bridgehead atoms. The largest absolute Gasteiger partial charge is 0.481 e. The molecule has 0 aliphatic carbocycles. The molecule has 1 aromatic rings. The van der Waals surface area contributed by atoms with E-state index < -0.39 is 5.97 Å². The topological polar surface area (TPSA) is 58.4 Å². The average Bonchev–Trinajstić information content (AvgIpc) is 2.89. The predicted molar refractivity (Wildman–Crippen MR) is 75.5 cm³/mol. The molecule has 2 aliphatic heterocycles. The molecule has 0 spiro atoms. The van der Waals surface area contributed by atoms with Crippen molar-refractivity contribution in [2.75, 3.05) is 13.1 Å². The normalized spacial score (nSPS) is 27.2. The summed E-state index contributed by atoms with van der Waals surface area (Å²) in [5.74, 6) is 0.135. The van der Waals surface area contributed by atoms with Crippen LogP contribution in [0.3, 0.4) is 0 Å². The highest BCUT2D eigenvalue weighted by molar-refractivity contribution is 5.70. The lowest BCUT2D eigenvalue weighted by Gasteiger charge is -2.33. The van der Waals surface area contributed by atoms with Gasteiger partial charge in [-0.25, -0.2) is 4.98 Å². The number of hydrogen-bond donors (Lipinski definition) is 1. The van der Waals surface area contributed by atoms with E-state index >= 15 is 0 Å². The molecule has 5 nitrogen and oxygen atoms in total. The van der Waals surface area contributed by atoms with Crippen molar-refractivity contribution >= 4 is 5.97 Å². The fraction of sp³-hybridized carbons (Fsp3) is 0.733. The summed E-state index contributed by atoms with van der Waals surface area (Å²) >= 11 is 0. The van der Waals surface area contributed by atoms with E-state index in [0.717, 1.165) is 31.0 Å². The third kappa shape index (κ3) is 2.46. The van der Waals surface area contributed by atoms with E-state index in [1.54, 1.807) is 0 Å². The van der Waals surface area contributed by atoms with Gasteiger partial charge in [0, 0.05) is 19.2 Å². The van der Waals surface area contributed by atoms with Gasteiger partial charge < -0.3 is 9.67 Å². The van der Waals surface area contributed by atoms with Gasteiger partial charge >= 0.3 is 5.97 Å². The van der Waals surface area contributed by atoms with Crippen molar-refractivity contribution in [1.29, 1.82) is 0 Å². The van der Waals surface area contributed by atoms with Crippen LogP contribution in [0.5, 0.6) is 0 Å². The Bertz CT molecular complexity index is 497. The lowest BCUT2D eigenvalue weighted by molar-refractivity contribution is -0.142. The number of hydrogen-bond acceptors (Lipinski definition) is 3. The number of aliphatic carboxylic acids is 1. The number of carboxylic acids is 1. The van der Waals surface area contributed by atoms with Crippen LogP contribution in [-0.2, 0) is 17.8 Å². The van der Waals surface area contributed by atoms with E-state index in [9.17, 15) is 4.79 Å². The monoisotopic (exact) mass is 277 g/mol. The van der Waals surface area contributed by atoms with Crippen LogP contribution in [0.4, 0.5) is 0 Å². The molecule has 2 unspecified atom stereocenters. The van der Waals surface area contributed by atoms with Crippen LogP contribution in [0.25, 0.3) is 0 Å². The highest BCUT2D eigenvalue weighted by atomic mass is 16.4. The van der Waals surface area contributed by atoms with Gasteiger partial charge in [-0.05, 0) is 32.4 Å². The van der Waals surface area contributed by atoms with Gasteiger partial charge in [-0.1, -0.05) is 13.3 Å². The van der Waals surface area contributed by atoms with Crippen LogP contribution in [-0.4, -0.2) is 38.6 Å². The minimum atomic E-state index is -0.682. The Hall–Kier alpha value is -1.36. The minimum Gasteiger partial charge on any atom is -0.481 e. The molecule has 0 aromatic carbocycles. The summed E-state index contributed by atoms with van der Waals surface area (Å²) in [4.78, 5) is 18.4. The maximum absolute atomic E-state index is 11.1. The number of fused-ring (bicyclic) bond motifs is 1. The first-order valence-corrected chi connectivity index (χ1v) is 7.72. The van der Waals surface area contributed by atoms with Crippen molar-refractivity contribution in [3.63, 3.8) is 0 Å². The van der Waals surface area contributed by atoms with E-state index in [4.69, 9.17) is 10.1 Å². The van der Waals surface area contributed by atoms with Crippen LogP contribution < -0.4 is 0 Å². The van der Waals surface area contributed by atoms with Gasteiger partial charge in [0.1, 0.15) is 5.82 Å². The van der Waals surface area contributed by atoms with Gasteiger partial charge in [0.15, 0.2) is 0 Å². The maximum Gasteiger partial charge on any atom is 0.308 e. The standard InChI is InChI=1S/C15H23N3O2/c1-2-17-8-4-3-5-13(17)12-10-18-9-11(15(19)20)6-7-14(18)16-12/h10-11,13H,2-9H2,1H3,(H,19,20). The quantitative estimate of drug-likeness (QED) is 0.919. The van der Waals surface area contributed by atoms with Gasteiger partial charge in [-0.15, -0.1) is 0 Å². The van der Waals surface area contributed by atoms with Crippen molar-refractivity contribution in [2.24, 2.45) is 5.92 Å². The maximum atomic E-state index is 11.1. The van der Waals surface area contributed by atoms with Gasteiger partial charge in [0.25, 0.3) is 0 Å². The third-order valence-electron chi connectivity index (χ3n) is 4.72. The smallest absolute Gasteiger partial charge is 0.308 e. The Balaban J connectivity index is 1.81. The Morgan fingerprint density at radius 3 is 3.05 bits per heavy atom. The first-order chi connectivity index (χ1) is 9.69. The van der Waals surface area contributed by atoms with Gasteiger partial charge in [0.05, 0.1) is 17.7 Å². The molecule has 20 heavy (non-hydrogen) atoms. The second-order valence-corrected chi connectivity index (χ2v) is 5.95. The number of imidazole rings is 1. The summed E-state index contributed by atoms with van der Waals surface area (Å²) in [6, 6.07) is 0.426. The van der Waals surface area contributed by atoms with E-state index in [1.807, 2.05) is 0 Å². The van der Waals surface area contributed by atoms with Gasteiger partial charge in [0.2, 0.25) is 0 Å². The zero-order valence-electron chi connectivity index (χ0n) is 12.1. The molecule has 1 aromatic heterocycles. The van der Waals surface area contributed by atoms with Gasteiger partial charge in [-0.2, -0.15) is 0 Å². The number of aromatic nitrogens is 2. The Morgan fingerprint density at radius 1 is 1.45 bits per heavy atom. The van der Waals surface area contributed by atoms with Crippen molar-refractivity contribution in [2.45, 2.75) is 51.6 Å². The molecular formula is C15H23N3O2. The summed E-state index contributed by atoms with van der Waals surface area (Å²) in [5.41, 5.74) is 1.15. The number of likely N-dealkylation sites (tertiary alicyclic amines) is 1. The van der Waals surface area contributed by atoms with Crippen LogP contribution in [0, 0.1) is 5.92 Å². The number of carbonyl (C=O) groups is 1. The summed E-state index contributed by atoms with van der Waals surface area (Å²) in [5, 5.41) is 9.16. The SMILES string of the molecule is CCN1CCCCC1c1cn2c(n1)CCC(C(=O)O)C2. The molecule has 0 amide bonds. The Labute approximate surface area is 119 Å². The molecule has 0 radical (unpaired) electrons. The molecule has 1 saturated heterocycles. The fourth-order valence-electron chi connectivity index (χ4n) is 3.53. The lowest BCUT2D eigenvalue weighted by Crippen LogP contribution is -2.33. The molecular weight excluding hydrogens is 254 g/mol. The third-order valence-corrected chi connectivity index (χ3v) is 4.72. The summed E-state index contributed by atoms with van der Waals surface area (Å²) < 4.78 is 2.07. The zero-order valence-corrected chi connectivity index (χ0v) is 12.1. The molecule has 110 valence electrons. The minimum absolute atomic E-state index is 0.252. The molecule has 0 saturated carbocycles. The number of carboxylic acid groups (broad SMARTS) is 1. The number of rotatable bonds is 3. The number of aryl methyl sites for hydroxylation is 1. The van der Waals surface area contributed by atoms with Crippen LogP contribution in [0.1, 0.15) is 50.2 Å². The highest BCUT2D eigenvalue weighted by Crippen LogP contribution is 2.31. The Morgan fingerprint density at radius 2 is 2.30 bits per heavy atom.